The summed E-state index contributed by atoms with van der Waals surface area (Å²) in [6.07, 6.45) is 30.8. The zero-order valence-electron chi connectivity index (χ0n) is 16.5. The fraction of sp³-hybridized carbons (Fsp3) is 0.440. The van der Waals surface area contributed by atoms with E-state index >= 15 is 0 Å². The molecule has 144 valence electrons. The molecule has 2 heteroatoms. The molecule has 0 aliphatic heterocycles. The quantitative estimate of drug-likeness (QED) is 0.624. The van der Waals surface area contributed by atoms with E-state index in [0.29, 0.717) is 12.0 Å². The summed E-state index contributed by atoms with van der Waals surface area (Å²) >= 11 is 0. The molecule has 0 heterocycles. The van der Waals surface area contributed by atoms with Gasteiger partial charge in [-0.25, -0.2) is 0 Å². The van der Waals surface area contributed by atoms with Crippen LogP contribution in [-0.4, -0.2) is 35.7 Å². The summed E-state index contributed by atoms with van der Waals surface area (Å²) in [7, 11) is 0. The maximum absolute atomic E-state index is 9.97. The van der Waals surface area contributed by atoms with E-state index in [0.717, 1.165) is 38.8 Å². The Morgan fingerprint density at radius 1 is 1.11 bits per heavy atom. The smallest absolute Gasteiger partial charge is 0.0471 e. The van der Waals surface area contributed by atoms with Crippen LogP contribution in [0.15, 0.2) is 71.9 Å². The number of rotatable bonds is 9. The summed E-state index contributed by atoms with van der Waals surface area (Å²) in [5.74, 6) is 0.801. The van der Waals surface area contributed by atoms with Crippen molar-refractivity contribution in [3.63, 3.8) is 0 Å². The standard InChI is InChI=1S/C25H33NO/c1-21(20-27)25(17-22-11-5-2-6-12-22)26(18-23-13-7-3-8-14-23)19-24-15-9-4-10-16-24/h2-9,11,13,15-16,21,23,25,27H,10,12,14,17-20H2,1H3. The number of aliphatic hydroxyl groups excluding tert-OH is 1. The zero-order valence-corrected chi connectivity index (χ0v) is 16.5. The molecule has 0 aromatic carbocycles. The van der Waals surface area contributed by atoms with Gasteiger partial charge in [0.05, 0.1) is 0 Å². The van der Waals surface area contributed by atoms with Crippen molar-refractivity contribution >= 4 is 0 Å². The van der Waals surface area contributed by atoms with Crippen molar-refractivity contribution in [3.8, 4) is 0 Å². The molecule has 2 nitrogen and oxygen atoms in total. The molecule has 0 aromatic rings. The SMILES string of the molecule is CC(CO)C(CC1=C[CH]C=CC1)N(CC1=CC=CC[CH]1)CC1C=CC=CC1. The predicted molar refractivity (Wildman–Crippen MR) is 115 cm³/mol. The topological polar surface area (TPSA) is 23.5 Å². The van der Waals surface area contributed by atoms with Crippen LogP contribution in [0.1, 0.15) is 32.6 Å². The van der Waals surface area contributed by atoms with Crippen LogP contribution >= 0.6 is 0 Å². The van der Waals surface area contributed by atoms with E-state index in [1.807, 2.05) is 0 Å². The molecule has 3 aliphatic carbocycles. The fourth-order valence-electron chi connectivity index (χ4n) is 4.08. The Bertz CT molecular complexity index is 649. The predicted octanol–water partition coefficient (Wildman–Crippen LogP) is 4.99. The van der Waals surface area contributed by atoms with Gasteiger partial charge in [-0.1, -0.05) is 78.8 Å². The van der Waals surface area contributed by atoms with Crippen LogP contribution in [-0.2, 0) is 0 Å². The van der Waals surface area contributed by atoms with Crippen LogP contribution < -0.4 is 0 Å². The van der Waals surface area contributed by atoms with Crippen molar-refractivity contribution in [1.82, 2.24) is 4.90 Å². The van der Waals surface area contributed by atoms with Gasteiger partial charge in [0.2, 0.25) is 0 Å². The van der Waals surface area contributed by atoms with Crippen molar-refractivity contribution in [2.45, 2.75) is 38.6 Å². The second-order valence-electron chi connectivity index (χ2n) is 7.93. The van der Waals surface area contributed by atoms with Gasteiger partial charge in [0.25, 0.3) is 0 Å². The summed E-state index contributed by atoms with van der Waals surface area (Å²) in [5.41, 5.74) is 2.86. The van der Waals surface area contributed by atoms with Crippen LogP contribution in [0.3, 0.4) is 0 Å². The zero-order chi connectivity index (χ0) is 18.9. The van der Waals surface area contributed by atoms with Gasteiger partial charge in [-0.15, -0.1) is 0 Å². The second-order valence-corrected chi connectivity index (χ2v) is 7.93. The monoisotopic (exact) mass is 363 g/mol. The maximum Gasteiger partial charge on any atom is 0.0471 e. The Morgan fingerprint density at radius 3 is 2.70 bits per heavy atom. The minimum Gasteiger partial charge on any atom is -0.396 e. The number of hydrogen-bond donors (Lipinski definition) is 1. The number of hydrogen-bond acceptors (Lipinski definition) is 2. The van der Waals surface area contributed by atoms with Crippen molar-refractivity contribution < 1.29 is 5.11 Å². The van der Waals surface area contributed by atoms with Gasteiger partial charge in [0.1, 0.15) is 0 Å². The number of allylic oxidation sites excluding steroid dienone is 9. The largest absolute Gasteiger partial charge is 0.396 e. The molecule has 3 unspecified atom stereocenters. The molecule has 0 aromatic heterocycles. The number of nitrogens with zero attached hydrogens (tertiary/aromatic N) is 1. The van der Waals surface area contributed by atoms with E-state index in [9.17, 15) is 5.11 Å². The Balaban J connectivity index is 1.77. The molecule has 0 saturated carbocycles. The summed E-state index contributed by atoms with van der Waals surface area (Å²) in [4.78, 5) is 2.62. The lowest BCUT2D eigenvalue weighted by molar-refractivity contribution is 0.104. The molecule has 3 atom stereocenters. The minimum atomic E-state index is 0.233. The van der Waals surface area contributed by atoms with E-state index in [1.54, 1.807) is 0 Å². The average molecular weight is 364 g/mol. The normalized spacial score (nSPS) is 24.0. The lowest BCUT2D eigenvalue weighted by Crippen LogP contribution is -2.45. The summed E-state index contributed by atoms with van der Waals surface area (Å²) in [6, 6.07) is 0.348. The molecular formula is C25H33NO. The van der Waals surface area contributed by atoms with Gasteiger partial charge in [-0.05, 0) is 43.9 Å². The third-order valence-corrected chi connectivity index (χ3v) is 5.73. The van der Waals surface area contributed by atoms with E-state index in [1.165, 1.54) is 11.1 Å². The molecule has 2 radical (unpaired) electrons. The third-order valence-electron chi connectivity index (χ3n) is 5.73. The van der Waals surface area contributed by atoms with Crippen LogP contribution in [0.4, 0.5) is 0 Å². The van der Waals surface area contributed by atoms with Crippen molar-refractivity contribution in [3.05, 3.63) is 84.7 Å². The van der Waals surface area contributed by atoms with Crippen molar-refractivity contribution in [1.29, 1.82) is 0 Å². The van der Waals surface area contributed by atoms with Gasteiger partial charge >= 0.3 is 0 Å². The second kappa shape index (κ2) is 10.6. The molecule has 3 aliphatic rings. The van der Waals surface area contributed by atoms with E-state index < -0.39 is 0 Å². The van der Waals surface area contributed by atoms with Crippen LogP contribution in [0.25, 0.3) is 0 Å². The molecule has 0 saturated heterocycles. The average Bonchev–Trinajstić information content (AvgIpc) is 2.73. The van der Waals surface area contributed by atoms with E-state index in [4.69, 9.17) is 0 Å². The molecule has 0 bridgehead atoms. The number of aliphatic hydroxyl groups is 1. The first kappa shape index (κ1) is 20.1. The lowest BCUT2D eigenvalue weighted by Gasteiger charge is -2.38. The highest BCUT2D eigenvalue weighted by Gasteiger charge is 2.27. The minimum absolute atomic E-state index is 0.233. The molecule has 27 heavy (non-hydrogen) atoms. The van der Waals surface area contributed by atoms with Crippen LogP contribution in [0, 0.1) is 24.7 Å². The fourth-order valence-corrected chi connectivity index (χ4v) is 4.08. The maximum atomic E-state index is 9.97. The van der Waals surface area contributed by atoms with E-state index in [2.05, 4.69) is 85.4 Å². The third kappa shape index (κ3) is 6.19. The van der Waals surface area contributed by atoms with Gasteiger partial charge in [0, 0.05) is 32.2 Å². The highest BCUT2D eigenvalue weighted by atomic mass is 16.3. The van der Waals surface area contributed by atoms with E-state index in [-0.39, 0.29) is 12.5 Å². The lowest BCUT2D eigenvalue weighted by atomic mass is 9.88. The highest BCUT2D eigenvalue weighted by molar-refractivity contribution is 5.28. The first-order valence-corrected chi connectivity index (χ1v) is 10.3. The summed E-state index contributed by atoms with van der Waals surface area (Å²) in [6.45, 7) is 4.42. The molecule has 3 rings (SSSR count). The summed E-state index contributed by atoms with van der Waals surface area (Å²) < 4.78 is 0. The molecule has 0 spiro atoms. The van der Waals surface area contributed by atoms with Gasteiger partial charge in [-0.3, -0.25) is 4.90 Å². The Morgan fingerprint density at radius 2 is 2.04 bits per heavy atom. The van der Waals surface area contributed by atoms with Crippen LogP contribution in [0.5, 0.6) is 0 Å². The molecular weight excluding hydrogens is 330 g/mol. The Labute approximate surface area is 165 Å². The Kier molecular flexibility index (Phi) is 7.92. The van der Waals surface area contributed by atoms with Crippen molar-refractivity contribution in [2.24, 2.45) is 11.8 Å². The highest BCUT2D eigenvalue weighted by Crippen LogP contribution is 2.27. The van der Waals surface area contributed by atoms with Crippen molar-refractivity contribution in [2.75, 3.05) is 19.7 Å². The Hall–Kier alpha value is -1.64. The first-order valence-electron chi connectivity index (χ1n) is 10.3. The first-order chi connectivity index (χ1) is 13.3. The summed E-state index contributed by atoms with van der Waals surface area (Å²) in [5, 5.41) is 9.97. The molecule has 0 fully saturated rings. The van der Waals surface area contributed by atoms with Gasteiger partial charge in [0.15, 0.2) is 0 Å². The van der Waals surface area contributed by atoms with Gasteiger partial charge < -0.3 is 5.11 Å². The molecule has 0 amide bonds. The van der Waals surface area contributed by atoms with Crippen LogP contribution in [0.2, 0.25) is 0 Å². The van der Waals surface area contributed by atoms with Gasteiger partial charge in [-0.2, -0.15) is 0 Å². The molecule has 1 N–H and O–H groups in total.